The van der Waals surface area contributed by atoms with Crippen LogP contribution in [-0.4, -0.2) is 26.1 Å². The van der Waals surface area contributed by atoms with E-state index in [1.54, 1.807) is 6.20 Å². The highest BCUT2D eigenvalue weighted by Crippen LogP contribution is 2.39. The summed E-state index contributed by atoms with van der Waals surface area (Å²) in [7, 11) is 0. The van der Waals surface area contributed by atoms with Crippen molar-refractivity contribution >= 4 is 29.0 Å². The molecule has 0 saturated heterocycles. The Hall–Kier alpha value is -1.66. The predicted molar refractivity (Wildman–Crippen MR) is 94.8 cm³/mol. The van der Waals surface area contributed by atoms with E-state index in [-0.39, 0.29) is 10.8 Å². The lowest BCUT2D eigenvalue weighted by Crippen LogP contribution is -2.36. The molecule has 3 rings (SSSR count). The fraction of sp³-hybridized carbons (Fsp3) is 0.588. The highest BCUT2D eigenvalue weighted by Gasteiger charge is 2.33. The Morgan fingerprint density at radius 2 is 2.04 bits per heavy atom. The number of aliphatic hydroxyl groups is 1. The van der Waals surface area contributed by atoms with E-state index in [0.717, 1.165) is 31.1 Å². The first kappa shape index (κ1) is 18.7. The Bertz CT molecular complexity index is 695. The maximum Gasteiger partial charge on any atom is 0.224 e. The van der Waals surface area contributed by atoms with E-state index in [1.807, 2.05) is 24.5 Å². The summed E-state index contributed by atoms with van der Waals surface area (Å²) in [6.07, 6.45) is 6.54. The van der Waals surface area contributed by atoms with Crippen LogP contribution >= 0.6 is 11.6 Å². The molecule has 1 aliphatic carbocycles. The SMILES string of the molecule is CC.CC1(n2c(C(O)NC=O)cc3cnc(Cl)nc32)CCCCC1. The minimum atomic E-state index is -1.08. The van der Waals surface area contributed by atoms with Gasteiger partial charge < -0.3 is 15.0 Å². The lowest BCUT2D eigenvalue weighted by Gasteiger charge is -2.37. The molecule has 0 radical (unpaired) electrons. The van der Waals surface area contributed by atoms with Crippen molar-refractivity contribution in [3.63, 3.8) is 0 Å². The molecule has 1 unspecified atom stereocenters. The Morgan fingerprint density at radius 3 is 2.67 bits per heavy atom. The normalized spacial score (nSPS) is 17.7. The largest absolute Gasteiger partial charge is 0.368 e. The van der Waals surface area contributed by atoms with Gasteiger partial charge in [-0.1, -0.05) is 33.1 Å². The molecule has 0 aliphatic heterocycles. The summed E-state index contributed by atoms with van der Waals surface area (Å²) in [6, 6.07) is 1.81. The third kappa shape index (κ3) is 3.54. The van der Waals surface area contributed by atoms with Gasteiger partial charge in [0.25, 0.3) is 0 Å². The van der Waals surface area contributed by atoms with Crippen LogP contribution in [0.1, 0.15) is 64.8 Å². The van der Waals surface area contributed by atoms with Crippen LogP contribution in [0.4, 0.5) is 0 Å². The van der Waals surface area contributed by atoms with Gasteiger partial charge in [-0.05, 0) is 37.4 Å². The molecule has 1 aliphatic rings. The summed E-state index contributed by atoms with van der Waals surface area (Å²) in [5.74, 6) is 0. The molecule has 1 atom stereocenters. The van der Waals surface area contributed by atoms with Gasteiger partial charge in [0.05, 0.1) is 5.69 Å². The molecule has 24 heavy (non-hydrogen) atoms. The fourth-order valence-electron chi connectivity index (χ4n) is 3.44. The smallest absolute Gasteiger partial charge is 0.224 e. The first-order valence-corrected chi connectivity index (χ1v) is 8.85. The van der Waals surface area contributed by atoms with Gasteiger partial charge in [0.15, 0.2) is 6.23 Å². The highest BCUT2D eigenvalue weighted by atomic mass is 35.5. The number of rotatable bonds is 4. The van der Waals surface area contributed by atoms with Crippen LogP contribution in [0.15, 0.2) is 12.3 Å². The number of carbonyl (C=O) groups excluding carboxylic acids is 1. The number of nitrogens with zero attached hydrogens (tertiary/aromatic N) is 3. The zero-order valence-electron chi connectivity index (χ0n) is 14.4. The molecule has 6 nitrogen and oxygen atoms in total. The van der Waals surface area contributed by atoms with Crippen molar-refractivity contribution in [3.05, 3.63) is 23.2 Å². The Labute approximate surface area is 147 Å². The van der Waals surface area contributed by atoms with Gasteiger partial charge in [-0.15, -0.1) is 0 Å². The number of hydrogen-bond acceptors (Lipinski definition) is 4. The minimum Gasteiger partial charge on any atom is -0.368 e. The average molecular weight is 353 g/mol. The van der Waals surface area contributed by atoms with E-state index in [9.17, 15) is 9.90 Å². The zero-order valence-corrected chi connectivity index (χ0v) is 15.2. The number of amides is 1. The van der Waals surface area contributed by atoms with Crippen molar-refractivity contribution < 1.29 is 9.90 Å². The van der Waals surface area contributed by atoms with Crippen LogP contribution < -0.4 is 5.32 Å². The van der Waals surface area contributed by atoms with Crippen molar-refractivity contribution in [1.29, 1.82) is 0 Å². The zero-order chi connectivity index (χ0) is 17.7. The predicted octanol–water partition coefficient (Wildman–Crippen LogP) is 3.53. The second-order valence-electron chi connectivity index (χ2n) is 6.07. The first-order valence-electron chi connectivity index (χ1n) is 8.47. The van der Waals surface area contributed by atoms with Crippen LogP contribution in [0.3, 0.4) is 0 Å². The van der Waals surface area contributed by atoms with E-state index in [4.69, 9.17) is 11.6 Å². The Morgan fingerprint density at radius 1 is 1.38 bits per heavy atom. The van der Waals surface area contributed by atoms with E-state index >= 15 is 0 Å². The lowest BCUT2D eigenvalue weighted by molar-refractivity contribution is -0.112. The molecule has 7 heteroatoms. The molecular weight excluding hydrogens is 328 g/mol. The van der Waals surface area contributed by atoms with Crippen LogP contribution in [0, 0.1) is 0 Å². The summed E-state index contributed by atoms with van der Waals surface area (Å²) in [5, 5.41) is 13.7. The third-order valence-electron chi connectivity index (χ3n) is 4.52. The number of fused-ring (bicyclic) bond motifs is 1. The van der Waals surface area contributed by atoms with E-state index in [1.165, 1.54) is 6.42 Å². The van der Waals surface area contributed by atoms with Crippen molar-refractivity contribution in [2.24, 2.45) is 0 Å². The van der Waals surface area contributed by atoms with Gasteiger partial charge in [-0.3, -0.25) is 4.79 Å². The topological polar surface area (TPSA) is 80.0 Å². The molecule has 0 bridgehead atoms. The minimum absolute atomic E-state index is 0.154. The summed E-state index contributed by atoms with van der Waals surface area (Å²) >= 11 is 5.96. The van der Waals surface area contributed by atoms with Crippen molar-refractivity contribution in [3.8, 4) is 0 Å². The monoisotopic (exact) mass is 352 g/mol. The van der Waals surface area contributed by atoms with Crippen LogP contribution in [0.25, 0.3) is 11.0 Å². The first-order chi connectivity index (χ1) is 11.5. The number of carbonyl (C=O) groups is 1. The average Bonchev–Trinajstić information content (AvgIpc) is 2.97. The molecule has 0 aromatic carbocycles. The maximum atomic E-state index is 10.7. The standard InChI is InChI=1S/C15H19ClN4O2.C2H6/c1-15(5-3-2-4-6-15)20-11(13(22)18-9-21)7-10-8-17-14(16)19-12(10)20;1-2/h7-9,13,22H,2-6H2,1H3,(H,18,21);1-2H3. The van der Waals surface area contributed by atoms with Gasteiger partial charge in [0, 0.05) is 17.1 Å². The molecule has 1 saturated carbocycles. The van der Waals surface area contributed by atoms with E-state index in [0.29, 0.717) is 17.8 Å². The summed E-state index contributed by atoms with van der Waals surface area (Å²) in [4.78, 5) is 19.0. The molecule has 132 valence electrons. The molecule has 1 amide bonds. The molecular formula is C17H25ClN4O2. The van der Waals surface area contributed by atoms with Gasteiger partial charge in [0.2, 0.25) is 11.7 Å². The summed E-state index contributed by atoms with van der Waals surface area (Å²) in [5.41, 5.74) is 1.16. The molecule has 2 aromatic rings. The fourth-order valence-corrected chi connectivity index (χ4v) is 3.57. The molecule has 2 N–H and O–H groups in total. The Balaban J connectivity index is 0.00000100. The highest BCUT2D eigenvalue weighted by molar-refractivity contribution is 6.28. The van der Waals surface area contributed by atoms with Crippen molar-refractivity contribution in [2.45, 2.75) is 64.6 Å². The summed E-state index contributed by atoms with van der Waals surface area (Å²) < 4.78 is 2.02. The quantitative estimate of drug-likeness (QED) is 0.501. The number of nitrogens with one attached hydrogen (secondary N) is 1. The lowest BCUT2D eigenvalue weighted by atomic mass is 9.83. The van der Waals surface area contributed by atoms with Crippen LogP contribution in [0.5, 0.6) is 0 Å². The third-order valence-corrected chi connectivity index (χ3v) is 4.70. The second-order valence-corrected chi connectivity index (χ2v) is 6.41. The van der Waals surface area contributed by atoms with Gasteiger partial charge in [-0.2, -0.15) is 4.98 Å². The molecule has 2 aromatic heterocycles. The number of aromatic nitrogens is 3. The van der Waals surface area contributed by atoms with Gasteiger partial charge in [-0.25, -0.2) is 4.98 Å². The number of aliphatic hydroxyl groups excluding tert-OH is 1. The summed E-state index contributed by atoms with van der Waals surface area (Å²) in [6.45, 7) is 6.17. The molecule has 0 spiro atoms. The van der Waals surface area contributed by atoms with Gasteiger partial charge >= 0.3 is 0 Å². The van der Waals surface area contributed by atoms with Crippen LogP contribution in [0.2, 0.25) is 5.28 Å². The number of halogens is 1. The number of hydrogen-bond donors (Lipinski definition) is 2. The van der Waals surface area contributed by atoms with Crippen molar-refractivity contribution in [1.82, 2.24) is 19.9 Å². The Kier molecular flexibility index (Phi) is 6.18. The van der Waals surface area contributed by atoms with Crippen LogP contribution in [-0.2, 0) is 10.3 Å². The molecule has 2 heterocycles. The van der Waals surface area contributed by atoms with E-state index in [2.05, 4.69) is 22.2 Å². The van der Waals surface area contributed by atoms with Gasteiger partial charge in [0.1, 0.15) is 5.65 Å². The maximum absolute atomic E-state index is 10.7. The molecule has 1 fully saturated rings. The van der Waals surface area contributed by atoms with Crippen molar-refractivity contribution in [2.75, 3.05) is 0 Å². The second kappa shape index (κ2) is 7.94. The van der Waals surface area contributed by atoms with E-state index < -0.39 is 6.23 Å².